The number of aliphatic hydroxyl groups excluding tert-OH is 1. The largest absolute Gasteiger partial charge is 0.458 e. The smallest absolute Gasteiger partial charge is 0.309 e. The summed E-state index contributed by atoms with van der Waals surface area (Å²) in [6, 6.07) is 5.77. The highest BCUT2D eigenvalue weighted by atomic mass is 35.5. The number of hydrogen-bond acceptors (Lipinski definition) is 3. The van der Waals surface area contributed by atoms with Gasteiger partial charge in [-0.2, -0.15) is 0 Å². The highest BCUT2D eigenvalue weighted by molar-refractivity contribution is 6.42. The topological polar surface area (TPSA) is 46.5 Å². The van der Waals surface area contributed by atoms with Crippen molar-refractivity contribution >= 4 is 34.7 Å². The normalized spacial score (nSPS) is 27.2. The first-order valence-electron chi connectivity index (χ1n) is 9.72. The van der Waals surface area contributed by atoms with E-state index in [1.54, 1.807) is 0 Å². The maximum atomic E-state index is 11.6. The fraction of sp³-hybridized carbons (Fsp3) is 0.522. The average molecular weight is 423 g/mol. The number of benzene rings is 1. The molecule has 1 N–H and O–H groups in total. The Kier molecular flexibility index (Phi) is 6.01. The van der Waals surface area contributed by atoms with Crippen LogP contribution >= 0.6 is 23.2 Å². The molecule has 1 aromatic carbocycles. The lowest BCUT2D eigenvalue weighted by Crippen LogP contribution is -2.32. The van der Waals surface area contributed by atoms with Crippen LogP contribution in [0, 0.1) is 10.8 Å². The summed E-state index contributed by atoms with van der Waals surface area (Å²) in [4.78, 5) is 11.6. The monoisotopic (exact) mass is 422 g/mol. The van der Waals surface area contributed by atoms with Crippen LogP contribution in [0.1, 0.15) is 58.9 Å². The van der Waals surface area contributed by atoms with Gasteiger partial charge in [-0.3, -0.25) is 4.79 Å². The number of ether oxygens (including phenoxy) is 1. The molecular weight excluding hydrogens is 395 g/mol. The zero-order chi connectivity index (χ0) is 20.7. The molecule has 3 nitrogen and oxygen atoms in total. The first kappa shape index (κ1) is 21.4. The minimum Gasteiger partial charge on any atom is -0.458 e. The van der Waals surface area contributed by atoms with E-state index in [2.05, 4.69) is 33.8 Å². The number of hydrogen-bond donors (Lipinski definition) is 1. The second kappa shape index (κ2) is 7.85. The fourth-order valence-electron chi connectivity index (χ4n) is 4.73. The Morgan fingerprint density at radius 2 is 1.89 bits per heavy atom. The maximum absolute atomic E-state index is 11.6. The molecule has 2 unspecified atom stereocenters. The van der Waals surface area contributed by atoms with Gasteiger partial charge in [0.2, 0.25) is 0 Å². The summed E-state index contributed by atoms with van der Waals surface area (Å²) in [5, 5.41) is 11.0. The van der Waals surface area contributed by atoms with E-state index in [0.29, 0.717) is 16.5 Å². The van der Waals surface area contributed by atoms with E-state index in [1.807, 2.05) is 24.3 Å². The highest BCUT2D eigenvalue weighted by Gasteiger charge is 2.38. The minimum absolute atomic E-state index is 0.0585. The minimum atomic E-state index is -0.641. The molecule has 28 heavy (non-hydrogen) atoms. The fourth-order valence-corrected chi connectivity index (χ4v) is 5.03. The molecule has 1 aromatic rings. The Morgan fingerprint density at radius 1 is 1.18 bits per heavy atom. The first-order valence-corrected chi connectivity index (χ1v) is 10.5. The van der Waals surface area contributed by atoms with Crippen molar-refractivity contribution in [3.63, 3.8) is 0 Å². The van der Waals surface area contributed by atoms with Gasteiger partial charge in [0.05, 0.1) is 22.6 Å². The van der Waals surface area contributed by atoms with E-state index < -0.39 is 12.2 Å². The average Bonchev–Trinajstić information content (AvgIpc) is 2.53. The van der Waals surface area contributed by atoms with E-state index in [1.165, 1.54) is 11.1 Å². The van der Waals surface area contributed by atoms with Crippen molar-refractivity contribution in [2.45, 2.75) is 65.6 Å². The van der Waals surface area contributed by atoms with Gasteiger partial charge in [-0.25, -0.2) is 0 Å². The molecule has 1 aliphatic carbocycles. The summed E-state index contributed by atoms with van der Waals surface area (Å²) in [7, 11) is 0. The molecule has 152 valence electrons. The van der Waals surface area contributed by atoms with E-state index in [-0.39, 0.29) is 23.2 Å². The quantitative estimate of drug-likeness (QED) is 0.588. The molecule has 0 spiro atoms. The van der Waals surface area contributed by atoms with Crippen molar-refractivity contribution in [3.8, 4) is 0 Å². The summed E-state index contributed by atoms with van der Waals surface area (Å²) in [5.74, 6) is -0.351. The van der Waals surface area contributed by atoms with Gasteiger partial charge in [-0.1, -0.05) is 63.0 Å². The first-order chi connectivity index (χ1) is 13.0. The zero-order valence-corrected chi connectivity index (χ0v) is 18.4. The summed E-state index contributed by atoms with van der Waals surface area (Å²) in [6.45, 7) is 9.05. The lowest BCUT2D eigenvalue weighted by atomic mass is 9.61. The molecule has 0 radical (unpaired) electrons. The molecule has 3 rings (SSSR count). The third kappa shape index (κ3) is 4.82. The Hall–Kier alpha value is -1.29. The van der Waals surface area contributed by atoms with Gasteiger partial charge >= 0.3 is 5.97 Å². The molecule has 0 saturated carbocycles. The van der Waals surface area contributed by atoms with Crippen LogP contribution in [0.2, 0.25) is 10.0 Å². The molecule has 1 heterocycles. The Labute approximate surface area is 177 Å². The van der Waals surface area contributed by atoms with Gasteiger partial charge < -0.3 is 9.84 Å². The van der Waals surface area contributed by atoms with Crippen LogP contribution in [-0.4, -0.2) is 23.3 Å². The van der Waals surface area contributed by atoms with E-state index >= 15 is 0 Å². The molecule has 0 bridgehead atoms. The van der Waals surface area contributed by atoms with Crippen LogP contribution < -0.4 is 0 Å². The Balaban J connectivity index is 2.04. The van der Waals surface area contributed by atoms with Gasteiger partial charge in [0, 0.05) is 6.42 Å². The van der Waals surface area contributed by atoms with Crippen molar-refractivity contribution in [3.05, 3.63) is 51.5 Å². The lowest BCUT2D eigenvalue weighted by molar-refractivity contribution is -0.156. The number of halogens is 2. The Morgan fingerprint density at radius 3 is 2.54 bits per heavy atom. The molecular formula is C23H28Cl2O3. The van der Waals surface area contributed by atoms with Gasteiger partial charge in [-0.15, -0.1) is 0 Å². The lowest BCUT2D eigenvalue weighted by Gasteiger charge is -2.43. The van der Waals surface area contributed by atoms with Crippen molar-refractivity contribution in [1.82, 2.24) is 0 Å². The highest BCUT2D eigenvalue weighted by Crippen LogP contribution is 2.52. The molecule has 5 heteroatoms. The molecule has 1 aliphatic heterocycles. The number of esters is 1. The van der Waals surface area contributed by atoms with Gasteiger partial charge in [0.25, 0.3) is 0 Å². The third-order valence-corrected chi connectivity index (χ3v) is 6.30. The summed E-state index contributed by atoms with van der Waals surface area (Å²) < 4.78 is 5.39. The second-order valence-corrected chi connectivity index (χ2v) is 10.2. The summed E-state index contributed by atoms with van der Waals surface area (Å²) in [6.07, 6.45) is 5.40. The van der Waals surface area contributed by atoms with Crippen LogP contribution in [0.25, 0.3) is 5.57 Å². The van der Waals surface area contributed by atoms with Gasteiger partial charge in [-0.05, 0) is 58.6 Å². The zero-order valence-electron chi connectivity index (χ0n) is 16.9. The molecule has 2 atom stereocenters. The second-order valence-electron chi connectivity index (χ2n) is 9.40. The predicted octanol–water partition coefficient (Wildman–Crippen LogP) is 6.22. The molecule has 2 aliphatic rings. The summed E-state index contributed by atoms with van der Waals surface area (Å²) in [5.41, 5.74) is 3.60. The van der Waals surface area contributed by atoms with Gasteiger partial charge in [0.1, 0.15) is 6.10 Å². The van der Waals surface area contributed by atoms with E-state index in [4.69, 9.17) is 27.9 Å². The molecule has 1 saturated heterocycles. The molecule has 1 fully saturated rings. The van der Waals surface area contributed by atoms with Crippen LogP contribution in [0.3, 0.4) is 0 Å². The van der Waals surface area contributed by atoms with Crippen molar-refractivity contribution < 1.29 is 14.6 Å². The standard InChI is InChI=1S/C23H28Cl2O3/c1-22(2)12-17(14-5-8-19(24)20(25)9-14)18(23(3,4)13-22)7-6-16-10-15(26)11-21(27)28-16/h5-9,15-16,26H,10-13H2,1-4H3. The maximum Gasteiger partial charge on any atom is 0.309 e. The number of carbonyl (C=O) groups is 1. The van der Waals surface area contributed by atoms with Crippen LogP contribution in [0.15, 0.2) is 35.9 Å². The number of cyclic esters (lactones) is 1. The number of allylic oxidation sites excluding steroid dienone is 3. The van der Waals surface area contributed by atoms with Crippen LogP contribution in [-0.2, 0) is 9.53 Å². The number of carbonyl (C=O) groups excluding carboxylic acids is 1. The molecule has 0 amide bonds. The van der Waals surface area contributed by atoms with Crippen molar-refractivity contribution in [2.75, 3.05) is 0 Å². The number of aliphatic hydroxyl groups is 1. The Bertz CT molecular complexity index is 836. The predicted molar refractivity (Wildman–Crippen MR) is 114 cm³/mol. The third-order valence-electron chi connectivity index (χ3n) is 5.57. The van der Waals surface area contributed by atoms with Gasteiger partial charge in [0.15, 0.2) is 0 Å². The van der Waals surface area contributed by atoms with Crippen LogP contribution in [0.4, 0.5) is 0 Å². The van der Waals surface area contributed by atoms with Crippen LogP contribution in [0.5, 0.6) is 0 Å². The summed E-state index contributed by atoms with van der Waals surface area (Å²) >= 11 is 12.4. The number of rotatable bonds is 3. The SMILES string of the molecule is CC1(C)CC(c2ccc(Cl)c(Cl)c2)=C(C=CC2CC(O)CC(=O)O2)C(C)(C)C1. The van der Waals surface area contributed by atoms with E-state index in [9.17, 15) is 9.90 Å². The van der Waals surface area contributed by atoms with Crippen molar-refractivity contribution in [1.29, 1.82) is 0 Å². The van der Waals surface area contributed by atoms with Crippen molar-refractivity contribution in [2.24, 2.45) is 10.8 Å². The van der Waals surface area contributed by atoms with E-state index in [0.717, 1.165) is 18.4 Å². The molecule has 0 aromatic heterocycles.